The average molecular weight is 262 g/mol. The number of hydrogen-bond acceptors (Lipinski definition) is 4. The highest BCUT2D eigenvalue weighted by Crippen LogP contribution is 2.22. The Bertz CT molecular complexity index is 339. The van der Waals surface area contributed by atoms with Crippen LogP contribution < -0.4 is 5.32 Å². The Morgan fingerprint density at radius 2 is 1.94 bits per heavy atom. The monoisotopic (exact) mass is 262 g/mol. The summed E-state index contributed by atoms with van der Waals surface area (Å²) in [6.07, 6.45) is 3.41. The molecule has 2 aliphatic rings. The predicted molar refractivity (Wildman–Crippen MR) is 66.4 cm³/mol. The van der Waals surface area contributed by atoms with Gasteiger partial charge in [-0.05, 0) is 38.8 Å². The zero-order chi connectivity index (χ0) is 12.3. The van der Waals surface area contributed by atoms with E-state index < -0.39 is 10.0 Å². The van der Waals surface area contributed by atoms with Crippen LogP contribution in [-0.2, 0) is 14.8 Å². The quantitative estimate of drug-likeness (QED) is 0.788. The summed E-state index contributed by atoms with van der Waals surface area (Å²) in [4.78, 5) is 0. The summed E-state index contributed by atoms with van der Waals surface area (Å²) in [6.45, 7) is 2.81. The summed E-state index contributed by atoms with van der Waals surface area (Å²) < 4.78 is 31.8. The summed E-state index contributed by atoms with van der Waals surface area (Å²) >= 11 is 0. The van der Waals surface area contributed by atoms with Gasteiger partial charge >= 0.3 is 0 Å². The Kier molecular flexibility index (Phi) is 4.41. The molecule has 0 bridgehead atoms. The number of nitrogens with one attached hydrogen (secondary N) is 1. The summed E-state index contributed by atoms with van der Waals surface area (Å²) in [6, 6.07) is 0. The van der Waals surface area contributed by atoms with Gasteiger partial charge in [0.05, 0.1) is 11.4 Å². The van der Waals surface area contributed by atoms with E-state index in [2.05, 4.69) is 5.32 Å². The molecule has 0 saturated carbocycles. The van der Waals surface area contributed by atoms with E-state index in [0.717, 1.165) is 38.8 Å². The van der Waals surface area contributed by atoms with Crippen molar-refractivity contribution in [2.24, 2.45) is 0 Å². The van der Waals surface area contributed by atoms with Gasteiger partial charge in [0.25, 0.3) is 0 Å². The first-order chi connectivity index (χ1) is 8.14. The Labute approximate surface area is 104 Å². The molecule has 2 aliphatic heterocycles. The first-order valence-corrected chi connectivity index (χ1v) is 7.87. The first-order valence-electron chi connectivity index (χ1n) is 6.37. The number of piperidine rings is 2. The Morgan fingerprint density at radius 3 is 2.59 bits per heavy atom. The molecule has 0 aliphatic carbocycles. The van der Waals surface area contributed by atoms with Crippen molar-refractivity contribution in [3.05, 3.63) is 0 Å². The van der Waals surface area contributed by atoms with Crippen molar-refractivity contribution in [1.82, 2.24) is 9.62 Å². The second kappa shape index (κ2) is 5.65. The molecule has 2 fully saturated rings. The van der Waals surface area contributed by atoms with Crippen molar-refractivity contribution in [2.75, 3.05) is 33.3 Å². The Morgan fingerprint density at radius 1 is 1.24 bits per heavy atom. The molecule has 0 spiro atoms. The fourth-order valence-electron chi connectivity index (χ4n) is 2.63. The van der Waals surface area contributed by atoms with Crippen LogP contribution in [0, 0.1) is 0 Å². The maximum absolute atomic E-state index is 12.4. The second-order valence-corrected chi connectivity index (χ2v) is 7.07. The minimum Gasteiger partial charge on any atom is -0.380 e. The lowest BCUT2D eigenvalue weighted by molar-refractivity contribution is 0.0568. The second-order valence-electron chi connectivity index (χ2n) is 4.85. The van der Waals surface area contributed by atoms with Gasteiger partial charge in [-0.15, -0.1) is 0 Å². The van der Waals surface area contributed by atoms with E-state index in [4.69, 9.17) is 4.74 Å². The van der Waals surface area contributed by atoms with E-state index >= 15 is 0 Å². The molecular formula is C11H22N2O3S. The molecule has 0 aromatic heterocycles. The van der Waals surface area contributed by atoms with Crippen LogP contribution in [0.25, 0.3) is 0 Å². The van der Waals surface area contributed by atoms with Gasteiger partial charge in [-0.1, -0.05) is 0 Å². The van der Waals surface area contributed by atoms with Crippen LogP contribution in [0.15, 0.2) is 0 Å². The maximum atomic E-state index is 12.4. The molecule has 0 aromatic rings. The third kappa shape index (κ3) is 2.99. The zero-order valence-corrected chi connectivity index (χ0v) is 11.2. The fraction of sp³-hybridized carbons (Fsp3) is 1.00. The summed E-state index contributed by atoms with van der Waals surface area (Å²) in [5.41, 5.74) is 0. The molecule has 0 amide bonds. The van der Waals surface area contributed by atoms with Crippen LogP contribution in [0.4, 0.5) is 0 Å². The summed E-state index contributed by atoms with van der Waals surface area (Å²) in [5, 5.41) is 3.01. The van der Waals surface area contributed by atoms with Gasteiger partial charge in [-0.3, -0.25) is 0 Å². The molecule has 6 heteroatoms. The van der Waals surface area contributed by atoms with Crippen LogP contribution in [0.2, 0.25) is 0 Å². The molecule has 0 radical (unpaired) electrons. The van der Waals surface area contributed by atoms with Gasteiger partial charge in [-0.25, -0.2) is 8.42 Å². The summed E-state index contributed by atoms with van der Waals surface area (Å²) in [7, 11) is -1.46. The highest BCUT2D eigenvalue weighted by Gasteiger charge is 2.35. The third-order valence-electron chi connectivity index (χ3n) is 3.74. The lowest BCUT2D eigenvalue weighted by Crippen LogP contribution is -2.49. The lowest BCUT2D eigenvalue weighted by Gasteiger charge is -2.35. The number of sulfonamides is 1. The van der Waals surface area contributed by atoms with Crippen LogP contribution in [0.3, 0.4) is 0 Å². The van der Waals surface area contributed by atoms with E-state index in [1.807, 2.05) is 0 Å². The molecule has 2 saturated heterocycles. The molecule has 0 aromatic carbocycles. The number of rotatable bonds is 3. The Balaban J connectivity index is 2.03. The minimum atomic E-state index is -3.11. The molecule has 5 nitrogen and oxygen atoms in total. The van der Waals surface area contributed by atoms with Gasteiger partial charge in [0.15, 0.2) is 0 Å². The summed E-state index contributed by atoms with van der Waals surface area (Å²) in [5.74, 6) is 0. The van der Waals surface area contributed by atoms with Gasteiger partial charge in [0.1, 0.15) is 0 Å². The SMILES string of the molecule is COC1CCCN(S(=O)(=O)C2CCNCC2)C1. The maximum Gasteiger partial charge on any atom is 0.217 e. The van der Waals surface area contributed by atoms with Crippen molar-refractivity contribution in [3.63, 3.8) is 0 Å². The lowest BCUT2D eigenvalue weighted by atomic mass is 10.1. The van der Waals surface area contributed by atoms with Crippen molar-refractivity contribution in [2.45, 2.75) is 37.0 Å². The van der Waals surface area contributed by atoms with Gasteiger partial charge in [-0.2, -0.15) is 4.31 Å². The molecule has 100 valence electrons. The van der Waals surface area contributed by atoms with E-state index in [1.54, 1.807) is 11.4 Å². The van der Waals surface area contributed by atoms with E-state index in [-0.39, 0.29) is 11.4 Å². The molecule has 1 N–H and O–H groups in total. The third-order valence-corrected chi connectivity index (χ3v) is 6.11. The van der Waals surface area contributed by atoms with Crippen molar-refractivity contribution >= 4 is 10.0 Å². The zero-order valence-electron chi connectivity index (χ0n) is 10.4. The van der Waals surface area contributed by atoms with E-state index in [0.29, 0.717) is 13.1 Å². The molecular weight excluding hydrogens is 240 g/mol. The average Bonchev–Trinajstić information content (AvgIpc) is 2.40. The van der Waals surface area contributed by atoms with Crippen LogP contribution in [0.1, 0.15) is 25.7 Å². The molecule has 1 atom stereocenters. The van der Waals surface area contributed by atoms with Crippen molar-refractivity contribution in [3.8, 4) is 0 Å². The van der Waals surface area contributed by atoms with Crippen molar-refractivity contribution in [1.29, 1.82) is 0 Å². The number of hydrogen-bond donors (Lipinski definition) is 1. The predicted octanol–water partition coefficient (Wildman–Crippen LogP) is 0.179. The molecule has 2 rings (SSSR count). The number of ether oxygens (including phenoxy) is 1. The molecule has 2 heterocycles. The van der Waals surface area contributed by atoms with E-state index in [1.165, 1.54) is 0 Å². The first kappa shape index (κ1) is 13.3. The van der Waals surface area contributed by atoms with Gasteiger partial charge in [0, 0.05) is 20.2 Å². The minimum absolute atomic E-state index is 0.0697. The number of nitrogens with zero attached hydrogens (tertiary/aromatic N) is 1. The van der Waals surface area contributed by atoms with Crippen molar-refractivity contribution < 1.29 is 13.2 Å². The highest BCUT2D eigenvalue weighted by molar-refractivity contribution is 7.89. The standard InChI is InChI=1S/C11H22N2O3S/c1-16-10-3-2-8-13(9-10)17(14,15)11-4-6-12-7-5-11/h10-12H,2-9H2,1H3. The van der Waals surface area contributed by atoms with Crippen LogP contribution in [-0.4, -0.2) is 57.4 Å². The van der Waals surface area contributed by atoms with Gasteiger partial charge in [0.2, 0.25) is 10.0 Å². The topological polar surface area (TPSA) is 58.6 Å². The highest BCUT2D eigenvalue weighted by atomic mass is 32.2. The van der Waals surface area contributed by atoms with Gasteiger partial charge < -0.3 is 10.1 Å². The van der Waals surface area contributed by atoms with Crippen LogP contribution >= 0.6 is 0 Å². The molecule has 1 unspecified atom stereocenters. The normalized spacial score (nSPS) is 29.4. The van der Waals surface area contributed by atoms with Crippen LogP contribution in [0.5, 0.6) is 0 Å². The number of methoxy groups -OCH3 is 1. The Hall–Kier alpha value is -0.170. The largest absolute Gasteiger partial charge is 0.380 e. The smallest absolute Gasteiger partial charge is 0.217 e. The van der Waals surface area contributed by atoms with E-state index in [9.17, 15) is 8.42 Å². The fourth-order valence-corrected chi connectivity index (χ4v) is 4.64. The molecule has 17 heavy (non-hydrogen) atoms.